The van der Waals surface area contributed by atoms with Gasteiger partial charge in [0.15, 0.2) is 0 Å². The number of carboxylic acid groups (broad SMARTS) is 1. The summed E-state index contributed by atoms with van der Waals surface area (Å²) >= 11 is 13.3. The van der Waals surface area contributed by atoms with Gasteiger partial charge >= 0.3 is 5.97 Å². The van der Waals surface area contributed by atoms with Gasteiger partial charge in [0.25, 0.3) is 0 Å². The van der Waals surface area contributed by atoms with Gasteiger partial charge < -0.3 is 9.84 Å². The Labute approximate surface area is 164 Å². The Bertz CT molecular complexity index is 948. The largest absolute Gasteiger partial charge is 0.497 e. The molecule has 8 heteroatoms. The lowest BCUT2D eigenvalue weighted by Crippen LogP contribution is -2.23. The summed E-state index contributed by atoms with van der Waals surface area (Å²) in [7, 11) is 1.56. The number of fused-ring (bicyclic) bond motifs is 1. The van der Waals surface area contributed by atoms with E-state index in [1.54, 1.807) is 41.9 Å². The van der Waals surface area contributed by atoms with Crippen molar-refractivity contribution in [3.05, 3.63) is 58.7 Å². The van der Waals surface area contributed by atoms with E-state index in [1.807, 2.05) is 18.2 Å². The van der Waals surface area contributed by atoms with Crippen LogP contribution in [0, 0.1) is 0 Å². The van der Waals surface area contributed by atoms with E-state index in [2.05, 4.69) is 4.98 Å². The summed E-state index contributed by atoms with van der Waals surface area (Å²) in [6.07, 6.45) is 1.66. The highest BCUT2D eigenvalue weighted by Gasteiger charge is 2.18. The highest BCUT2D eigenvalue weighted by atomic mass is 35.5. The number of hydrogen-bond acceptors (Lipinski definition) is 5. The summed E-state index contributed by atoms with van der Waals surface area (Å²) in [5, 5.41) is 11.2. The fourth-order valence-electron chi connectivity index (χ4n) is 2.45. The summed E-state index contributed by atoms with van der Waals surface area (Å²) in [4.78, 5) is 16.6. The van der Waals surface area contributed by atoms with Gasteiger partial charge in [-0.05, 0) is 42.3 Å². The third-order valence-corrected chi connectivity index (χ3v) is 4.92. The van der Waals surface area contributed by atoms with Gasteiger partial charge in [-0.25, -0.2) is 0 Å². The molecule has 1 aromatic heterocycles. The van der Waals surface area contributed by atoms with Crippen LogP contribution >= 0.6 is 35.1 Å². The molecule has 0 amide bonds. The van der Waals surface area contributed by atoms with Crippen molar-refractivity contribution < 1.29 is 14.6 Å². The number of carboxylic acids is 1. The molecule has 0 fully saturated rings. The second-order valence-corrected chi connectivity index (χ2v) is 7.32. The number of ether oxygens (including phenoxy) is 1. The molecule has 1 heterocycles. The Kier molecular flexibility index (Phi) is 5.76. The molecule has 0 aliphatic carbocycles. The first kappa shape index (κ1) is 18.6. The van der Waals surface area contributed by atoms with Gasteiger partial charge in [-0.2, -0.15) is 0 Å². The molecular formula is C18H14Cl2N2O3S. The minimum Gasteiger partial charge on any atom is -0.497 e. The van der Waals surface area contributed by atoms with Crippen LogP contribution in [-0.2, 0) is 4.79 Å². The van der Waals surface area contributed by atoms with Gasteiger partial charge in [0, 0.05) is 32.6 Å². The molecule has 3 aromatic rings. The van der Waals surface area contributed by atoms with Crippen molar-refractivity contribution in [2.24, 2.45) is 0 Å². The second kappa shape index (κ2) is 8.03. The number of halogens is 2. The zero-order valence-corrected chi connectivity index (χ0v) is 16.0. The molecule has 0 aliphatic heterocycles. The third-order valence-electron chi connectivity index (χ3n) is 3.49. The molecular weight excluding hydrogens is 395 g/mol. The van der Waals surface area contributed by atoms with Crippen molar-refractivity contribution in [2.75, 3.05) is 18.0 Å². The molecule has 26 heavy (non-hydrogen) atoms. The average Bonchev–Trinajstić information content (AvgIpc) is 2.59. The zero-order chi connectivity index (χ0) is 18.7. The Morgan fingerprint density at radius 2 is 1.96 bits per heavy atom. The van der Waals surface area contributed by atoms with Crippen LogP contribution in [0.1, 0.15) is 0 Å². The third kappa shape index (κ3) is 4.33. The van der Waals surface area contributed by atoms with E-state index in [0.29, 0.717) is 27.0 Å². The Balaban J connectivity index is 2.10. The molecule has 1 N–H and O–H groups in total. The Morgan fingerprint density at radius 3 is 2.62 bits per heavy atom. The predicted molar refractivity (Wildman–Crippen MR) is 106 cm³/mol. The van der Waals surface area contributed by atoms with Crippen molar-refractivity contribution in [2.45, 2.75) is 4.90 Å². The van der Waals surface area contributed by atoms with Gasteiger partial charge in [0.2, 0.25) is 0 Å². The maximum absolute atomic E-state index is 11.4. The lowest BCUT2D eigenvalue weighted by Gasteiger charge is -2.23. The van der Waals surface area contributed by atoms with Gasteiger partial charge in [0.05, 0.1) is 18.3 Å². The van der Waals surface area contributed by atoms with Gasteiger partial charge in [-0.15, -0.1) is 0 Å². The van der Waals surface area contributed by atoms with Crippen LogP contribution in [0.15, 0.2) is 53.6 Å². The standard InChI is InChI=1S/C18H14Cl2N2O3S/c1-25-14-5-11-3-2-4-21-18(11)16(9-14)22(10-17(23)24)26-15-7-12(19)6-13(20)8-15/h2-9H,10H2,1H3,(H,23,24). The minimum atomic E-state index is -0.975. The summed E-state index contributed by atoms with van der Waals surface area (Å²) in [5.41, 5.74) is 1.30. The van der Waals surface area contributed by atoms with Crippen LogP contribution in [0.25, 0.3) is 10.9 Å². The summed E-state index contributed by atoms with van der Waals surface area (Å²) in [6.45, 7) is -0.242. The number of aliphatic carboxylic acids is 1. The number of nitrogens with zero attached hydrogens (tertiary/aromatic N) is 2. The zero-order valence-electron chi connectivity index (χ0n) is 13.6. The maximum atomic E-state index is 11.4. The lowest BCUT2D eigenvalue weighted by atomic mass is 10.2. The molecule has 0 saturated carbocycles. The number of pyridine rings is 1. The summed E-state index contributed by atoms with van der Waals surface area (Å²) in [5.74, 6) is -0.363. The molecule has 2 aromatic carbocycles. The topological polar surface area (TPSA) is 62.7 Å². The van der Waals surface area contributed by atoms with Crippen LogP contribution in [0.2, 0.25) is 10.0 Å². The number of carbonyl (C=O) groups is 1. The Morgan fingerprint density at radius 1 is 1.23 bits per heavy atom. The number of hydrogen-bond donors (Lipinski definition) is 1. The van der Waals surface area contributed by atoms with Crippen LogP contribution < -0.4 is 9.04 Å². The van der Waals surface area contributed by atoms with Crippen LogP contribution in [-0.4, -0.2) is 29.7 Å². The molecule has 5 nitrogen and oxygen atoms in total. The lowest BCUT2D eigenvalue weighted by molar-refractivity contribution is -0.135. The van der Waals surface area contributed by atoms with E-state index in [1.165, 1.54) is 11.9 Å². The van der Waals surface area contributed by atoms with Gasteiger partial charge in [-0.1, -0.05) is 29.3 Å². The predicted octanol–water partition coefficient (Wildman–Crippen LogP) is 5.15. The van der Waals surface area contributed by atoms with E-state index in [-0.39, 0.29) is 6.54 Å². The molecule has 0 atom stereocenters. The first-order valence-electron chi connectivity index (χ1n) is 7.52. The molecule has 134 valence electrons. The van der Waals surface area contributed by atoms with E-state index in [9.17, 15) is 9.90 Å². The van der Waals surface area contributed by atoms with Crippen molar-refractivity contribution >= 4 is 57.7 Å². The van der Waals surface area contributed by atoms with Crippen molar-refractivity contribution in [1.82, 2.24) is 4.98 Å². The average molecular weight is 409 g/mol. The minimum absolute atomic E-state index is 0.242. The number of aromatic nitrogens is 1. The van der Waals surface area contributed by atoms with Crippen molar-refractivity contribution in [3.8, 4) is 5.75 Å². The van der Waals surface area contributed by atoms with Crippen LogP contribution in [0.3, 0.4) is 0 Å². The second-order valence-electron chi connectivity index (χ2n) is 5.35. The van der Waals surface area contributed by atoms with Crippen LogP contribution in [0.5, 0.6) is 5.75 Å². The van der Waals surface area contributed by atoms with Crippen molar-refractivity contribution in [3.63, 3.8) is 0 Å². The van der Waals surface area contributed by atoms with E-state index in [4.69, 9.17) is 27.9 Å². The normalized spacial score (nSPS) is 10.7. The maximum Gasteiger partial charge on any atom is 0.324 e. The molecule has 0 bridgehead atoms. The van der Waals surface area contributed by atoms with Crippen LogP contribution in [0.4, 0.5) is 5.69 Å². The van der Waals surface area contributed by atoms with E-state index < -0.39 is 5.97 Å². The highest BCUT2D eigenvalue weighted by molar-refractivity contribution is 8.00. The number of methoxy groups -OCH3 is 1. The fraction of sp³-hybridized carbons (Fsp3) is 0.111. The fourth-order valence-corrected chi connectivity index (χ4v) is 4.13. The van der Waals surface area contributed by atoms with E-state index >= 15 is 0 Å². The Hall–Kier alpha value is -2.15. The smallest absolute Gasteiger partial charge is 0.324 e. The monoisotopic (exact) mass is 408 g/mol. The molecule has 0 radical (unpaired) electrons. The first-order valence-corrected chi connectivity index (χ1v) is 9.05. The number of anilines is 1. The molecule has 3 rings (SSSR count). The summed E-state index contributed by atoms with van der Waals surface area (Å²) < 4.78 is 6.98. The van der Waals surface area contributed by atoms with Gasteiger partial charge in [0.1, 0.15) is 12.3 Å². The SMILES string of the molecule is COc1cc(N(CC(=O)O)Sc2cc(Cl)cc(Cl)c2)c2ncccc2c1. The quantitative estimate of drug-likeness (QED) is 0.569. The van der Waals surface area contributed by atoms with Gasteiger partial charge in [-0.3, -0.25) is 14.1 Å². The number of benzene rings is 2. The molecule has 0 spiro atoms. The van der Waals surface area contributed by atoms with E-state index in [0.717, 1.165) is 10.3 Å². The molecule has 0 aliphatic rings. The highest BCUT2D eigenvalue weighted by Crippen LogP contribution is 2.37. The van der Waals surface area contributed by atoms with Crippen molar-refractivity contribution in [1.29, 1.82) is 0 Å². The first-order chi connectivity index (χ1) is 12.5. The molecule has 0 saturated heterocycles. The summed E-state index contributed by atoms with van der Waals surface area (Å²) in [6, 6.07) is 12.4. The number of rotatable bonds is 6. The molecule has 0 unspecified atom stereocenters.